The van der Waals surface area contributed by atoms with E-state index in [2.05, 4.69) is 11.8 Å². The molecule has 0 aliphatic heterocycles. The number of esters is 2. The number of hydrogen-bond acceptors (Lipinski definition) is 6. The van der Waals surface area contributed by atoms with E-state index >= 15 is 0 Å². The van der Waals surface area contributed by atoms with Crippen LogP contribution >= 0.6 is 0 Å². The summed E-state index contributed by atoms with van der Waals surface area (Å²) >= 11 is 0. The molecule has 0 spiro atoms. The van der Waals surface area contributed by atoms with Crippen LogP contribution in [0.15, 0.2) is 72.5 Å². The normalized spacial score (nSPS) is 16.6. The molecule has 6 nitrogen and oxygen atoms in total. The number of rotatable bonds is 7. The fourth-order valence-corrected chi connectivity index (χ4v) is 3.33. The van der Waals surface area contributed by atoms with E-state index in [0.29, 0.717) is 23.7 Å². The molecule has 2 unspecified atom stereocenters. The molecule has 6 heteroatoms. The highest BCUT2D eigenvalue weighted by molar-refractivity contribution is 5.90. The van der Waals surface area contributed by atoms with Crippen molar-refractivity contribution < 1.29 is 28.5 Å². The van der Waals surface area contributed by atoms with E-state index in [9.17, 15) is 9.59 Å². The average Bonchev–Trinajstić information content (AvgIpc) is 2.84. The van der Waals surface area contributed by atoms with Gasteiger partial charge in [0.25, 0.3) is 0 Å². The van der Waals surface area contributed by atoms with E-state index in [-0.39, 0.29) is 11.8 Å². The van der Waals surface area contributed by atoms with Crippen LogP contribution in [0.4, 0.5) is 0 Å². The van der Waals surface area contributed by atoms with Gasteiger partial charge in [-0.1, -0.05) is 31.1 Å². The summed E-state index contributed by atoms with van der Waals surface area (Å²) in [6, 6.07) is 12.0. The zero-order valence-electron chi connectivity index (χ0n) is 20.2. The van der Waals surface area contributed by atoms with Crippen molar-refractivity contribution in [2.45, 2.75) is 20.8 Å². The number of allylic oxidation sites excluding steroid dienone is 3. The van der Waals surface area contributed by atoms with Gasteiger partial charge in [-0.15, -0.1) is 0 Å². The van der Waals surface area contributed by atoms with Crippen molar-refractivity contribution in [2.24, 2.45) is 11.8 Å². The fraction of sp³-hybridized carbons (Fsp3) is 0.241. The van der Waals surface area contributed by atoms with Gasteiger partial charge in [-0.25, -0.2) is 9.59 Å². The highest BCUT2D eigenvalue weighted by Gasteiger charge is 2.16. The molecule has 0 radical (unpaired) electrons. The molecule has 3 rings (SSSR count). The average molecular weight is 473 g/mol. The smallest absolute Gasteiger partial charge is 0.389 e. The SMILES string of the molecule is CCOC1=CC(C)C(C#CC(=O)Oc2ccc(OC(=O)/C=C/c3ccc(OC)cc3)cc2C)C=C1. The molecule has 0 aromatic heterocycles. The molecule has 2 aromatic rings. The lowest BCUT2D eigenvalue weighted by Crippen LogP contribution is -2.12. The zero-order valence-corrected chi connectivity index (χ0v) is 20.2. The minimum atomic E-state index is -0.652. The summed E-state index contributed by atoms with van der Waals surface area (Å²) in [7, 11) is 1.59. The van der Waals surface area contributed by atoms with Gasteiger partial charge in [-0.2, -0.15) is 0 Å². The van der Waals surface area contributed by atoms with Crippen molar-refractivity contribution >= 4 is 18.0 Å². The minimum absolute atomic E-state index is 0.0967. The van der Waals surface area contributed by atoms with Crippen molar-refractivity contribution in [1.29, 1.82) is 0 Å². The van der Waals surface area contributed by atoms with Crippen molar-refractivity contribution in [3.63, 3.8) is 0 Å². The van der Waals surface area contributed by atoms with Crippen molar-refractivity contribution in [1.82, 2.24) is 0 Å². The number of methoxy groups -OCH3 is 1. The van der Waals surface area contributed by atoms with Crippen molar-refractivity contribution in [3.05, 3.63) is 83.7 Å². The second-order valence-corrected chi connectivity index (χ2v) is 7.86. The third kappa shape index (κ3) is 7.65. The van der Waals surface area contributed by atoms with Crippen LogP contribution in [0.1, 0.15) is 25.0 Å². The summed E-state index contributed by atoms with van der Waals surface area (Å²) < 4.78 is 21.3. The molecular weight excluding hydrogens is 444 g/mol. The van der Waals surface area contributed by atoms with Crippen LogP contribution in [0.3, 0.4) is 0 Å². The Morgan fingerprint density at radius 1 is 1.06 bits per heavy atom. The number of carbonyl (C=O) groups is 2. The maximum atomic E-state index is 12.2. The molecule has 2 aromatic carbocycles. The lowest BCUT2D eigenvalue weighted by Gasteiger charge is -2.18. The third-order valence-electron chi connectivity index (χ3n) is 5.21. The Hall–Kier alpha value is -4.24. The first-order chi connectivity index (χ1) is 16.9. The lowest BCUT2D eigenvalue weighted by molar-refractivity contribution is -0.129. The van der Waals surface area contributed by atoms with Gasteiger partial charge in [0.2, 0.25) is 0 Å². The minimum Gasteiger partial charge on any atom is -0.497 e. The molecule has 0 amide bonds. The number of aryl methyl sites for hydroxylation is 1. The maximum Gasteiger partial charge on any atom is 0.389 e. The van der Waals surface area contributed by atoms with E-state index < -0.39 is 11.9 Å². The molecule has 35 heavy (non-hydrogen) atoms. The molecule has 0 bridgehead atoms. The van der Waals surface area contributed by atoms with Crippen molar-refractivity contribution in [2.75, 3.05) is 13.7 Å². The van der Waals surface area contributed by atoms with Crippen LogP contribution in [0, 0.1) is 30.6 Å². The van der Waals surface area contributed by atoms with Crippen LogP contribution in [0.5, 0.6) is 17.2 Å². The molecule has 0 saturated heterocycles. The predicted molar refractivity (Wildman–Crippen MR) is 134 cm³/mol. The number of ether oxygens (including phenoxy) is 4. The summed E-state index contributed by atoms with van der Waals surface area (Å²) in [5.41, 5.74) is 1.48. The van der Waals surface area contributed by atoms with E-state index in [1.165, 1.54) is 6.08 Å². The largest absolute Gasteiger partial charge is 0.497 e. The van der Waals surface area contributed by atoms with E-state index in [0.717, 1.165) is 17.1 Å². The Bertz CT molecular complexity index is 1210. The Kier molecular flexibility index (Phi) is 8.91. The second-order valence-electron chi connectivity index (χ2n) is 7.86. The number of carbonyl (C=O) groups excluding carboxylic acids is 2. The van der Waals surface area contributed by atoms with E-state index in [4.69, 9.17) is 18.9 Å². The van der Waals surface area contributed by atoms with Gasteiger partial charge in [0, 0.05) is 17.9 Å². The molecule has 1 aliphatic carbocycles. The zero-order chi connectivity index (χ0) is 25.2. The Labute approximate surface area is 205 Å². The summed E-state index contributed by atoms with van der Waals surface area (Å²) in [5.74, 6) is 6.60. The molecule has 1 aliphatic rings. The van der Waals surface area contributed by atoms with Crippen LogP contribution in [-0.4, -0.2) is 25.7 Å². The standard InChI is InChI=1S/C29H28O6/c1-5-33-25-13-9-23(20(2)18-25)10-17-29(31)35-27-15-14-26(19-21(27)3)34-28(30)16-8-22-6-11-24(32-4)12-7-22/h6-9,11-16,18-20,23H,5H2,1-4H3/b16-8+. The van der Waals surface area contributed by atoms with Gasteiger partial charge in [0.05, 0.1) is 13.7 Å². The third-order valence-corrected chi connectivity index (χ3v) is 5.21. The topological polar surface area (TPSA) is 71.1 Å². The van der Waals surface area contributed by atoms with Crippen LogP contribution in [0.25, 0.3) is 6.08 Å². The number of hydrogen-bond donors (Lipinski definition) is 0. The van der Waals surface area contributed by atoms with Gasteiger partial charge in [0.1, 0.15) is 23.0 Å². The molecule has 0 heterocycles. The highest BCUT2D eigenvalue weighted by atomic mass is 16.5. The van der Waals surface area contributed by atoms with E-state index in [1.807, 2.05) is 44.2 Å². The Morgan fingerprint density at radius 2 is 1.80 bits per heavy atom. The van der Waals surface area contributed by atoms with E-state index in [1.54, 1.807) is 50.4 Å². The fourth-order valence-electron chi connectivity index (χ4n) is 3.33. The van der Waals surface area contributed by atoms with Crippen LogP contribution in [-0.2, 0) is 14.3 Å². The summed E-state index contributed by atoms with van der Waals surface area (Å²) in [6.45, 7) is 6.31. The van der Waals surface area contributed by atoms with Gasteiger partial charge in [-0.05, 0) is 79.5 Å². The van der Waals surface area contributed by atoms with Gasteiger partial charge in [0.15, 0.2) is 0 Å². The summed E-state index contributed by atoms with van der Waals surface area (Å²) in [5, 5.41) is 0. The monoisotopic (exact) mass is 472 g/mol. The molecule has 180 valence electrons. The highest BCUT2D eigenvalue weighted by Crippen LogP contribution is 2.25. The lowest BCUT2D eigenvalue weighted by atomic mass is 9.90. The Balaban J connectivity index is 1.55. The maximum absolute atomic E-state index is 12.2. The summed E-state index contributed by atoms with van der Waals surface area (Å²) in [4.78, 5) is 24.4. The van der Waals surface area contributed by atoms with Crippen LogP contribution < -0.4 is 14.2 Å². The predicted octanol–water partition coefficient (Wildman–Crippen LogP) is 5.27. The summed E-state index contributed by atoms with van der Waals surface area (Å²) in [6.07, 6.45) is 8.77. The quantitative estimate of drug-likeness (QED) is 0.180. The first-order valence-electron chi connectivity index (χ1n) is 11.3. The molecular formula is C29H28O6. The van der Waals surface area contributed by atoms with Crippen molar-refractivity contribution in [3.8, 4) is 29.1 Å². The van der Waals surface area contributed by atoms with Crippen LogP contribution in [0.2, 0.25) is 0 Å². The molecule has 0 N–H and O–H groups in total. The molecule has 0 saturated carbocycles. The van der Waals surface area contributed by atoms with Gasteiger partial charge < -0.3 is 18.9 Å². The Morgan fingerprint density at radius 3 is 2.46 bits per heavy atom. The molecule has 0 fully saturated rings. The number of benzene rings is 2. The molecule has 2 atom stereocenters. The van der Waals surface area contributed by atoms with Gasteiger partial charge >= 0.3 is 11.9 Å². The first-order valence-corrected chi connectivity index (χ1v) is 11.3. The van der Waals surface area contributed by atoms with Gasteiger partial charge in [-0.3, -0.25) is 0 Å². The first kappa shape index (κ1) is 25.4. The second kappa shape index (κ2) is 12.3.